The summed E-state index contributed by atoms with van der Waals surface area (Å²) in [6.45, 7) is 5.22. The lowest BCUT2D eigenvalue weighted by Gasteiger charge is -2.28. The van der Waals surface area contributed by atoms with E-state index in [4.69, 9.17) is 18.5 Å². The molecule has 0 aromatic carbocycles. The largest absolute Gasteiger partial charge is 0.756 e. The fraction of sp³-hybridized carbons (Fsp3) is 0.712. The quantitative estimate of drug-likeness (QED) is 0.0198. The highest BCUT2D eigenvalue weighted by molar-refractivity contribution is 7.45. The lowest BCUT2D eigenvalue weighted by atomic mass is 10.1. The van der Waals surface area contributed by atoms with Crippen molar-refractivity contribution in [3.05, 3.63) is 85.1 Å². The van der Waals surface area contributed by atoms with E-state index < -0.39 is 13.9 Å². The molecule has 0 radical (unpaired) electrons. The second-order valence-electron chi connectivity index (χ2n) is 17.1. The fourth-order valence-corrected chi connectivity index (χ4v) is 6.92. The average molecular weight is 874 g/mol. The van der Waals surface area contributed by atoms with Gasteiger partial charge in [-0.25, -0.2) is 0 Å². The summed E-state index contributed by atoms with van der Waals surface area (Å²) in [6.07, 6.45) is 58.8. The summed E-state index contributed by atoms with van der Waals surface area (Å²) in [5.41, 5.74) is 0. The zero-order valence-corrected chi connectivity index (χ0v) is 40.7. The molecule has 0 fully saturated rings. The van der Waals surface area contributed by atoms with Crippen LogP contribution in [0.15, 0.2) is 85.1 Å². The van der Waals surface area contributed by atoms with Crippen molar-refractivity contribution in [2.45, 2.75) is 187 Å². The van der Waals surface area contributed by atoms with Gasteiger partial charge in [-0.3, -0.25) is 9.36 Å². The number of likely N-dealkylation sites (N-methyl/N-ethyl adjacent to an activating group) is 1. The normalized spacial score (nSPS) is 14.4. The number of rotatable bonds is 44. The molecule has 0 aromatic rings. The van der Waals surface area contributed by atoms with Crippen molar-refractivity contribution < 1.29 is 37.3 Å². The van der Waals surface area contributed by atoms with Crippen LogP contribution in [0.5, 0.6) is 0 Å². The van der Waals surface area contributed by atoms with Crippen molar-refractivity contribution in [1.29, 1.82) is 0 Å². The topological polar surface area (TPSA) is 94.1 Å². The Morgan fingerprint density at radius 2 is 0.951 bits per heavy atom. The maximum Gasteiger partial charge on any atom is 0.306 e. The van der Waals surface area contributed by atoms with Crippen LogP contribution < -0.4 is 4.89 Å². The first-order chi connectivity index (χ1) is 29.6. The second-order valence-corrected chi connectivity index (χ2v) is 18.5. The summed E-state index contributed by atoms with van der Waals surface area (Å²) < 4.78 is 34.7. The van der Waals surface area contributed by atoms with Crippen LogP contribution in [0.4, 0.5) is 0 Å². The van der Waals surface area contributed by atoms with Crippen molar-refractivity contribution in [3.8, 4) is 0 Å². The molecule has 0 amide bonds. The molecule has 0 aromatic heterocycles. The first kappa shape index (κ1) is 58.7. The Labute approximate surface area is 375 Å². The predicted molar refractivity (Wildman–Crippen MR) is 258 cm³/mol. The number of phosphoric acid groups is 1. The van der Waals surface area contributed by atoms with Crippen LogP contribution in [0, 0.1) is 0 Å². The molecule has 61 heavy (non-hydrogen) atoms. The molecule has 2 atom stereocenters. The van der Waals surface area contributed by atoms with Gasteiger partial charge in [-0.15, -0.1) is 0 Å². The monoisotopic (exact) mass is 874 g/mol. The summed E-state index contributed by atoms with van der Waals surface area (Å²) in [6, 6.07) is 0. The number of esters is 1. The third-order valence-corrected chi connectivity index (χ3v) is 10.9. The first-order valence-electron chi connectivity index (χ1n) is 24.3. The van der Waals surface area contributed by atoms with E-state index in [-0.39, 0.29) is 25.8 Å². The minimum Gasteiger partial charge on any atom is -0.756 e. The molecule has 0 aliphatic heterocycles. The highest BCUT2D eigenvalue weighted by Crippen LogP contribution is 2.38. The molecule has 9 heteroatoms. The summed E-state index contributed by atoms with van der Waals surface area (Å²) in [5.74, 6) is -0.354. The number of hydrogen-bond donors (Lipinski definition) is 0. The Bertz CT molecular complexity index is 1250. The molecule has 0 aliphatic carbocycles. The van der Waals surface area contributed by atoms with E-state index in [9.17, 15) is 14.3 Å². The second kappa shape index (κ2) is 44.3. The standard InChI is InChI=1S/C52H92NO7P/c1-6-8-10-12-14-16-18-20-22-23-24-25-26-27-28-29-30-32-34-36-38-40-42-44-47-57-49-51(50-59-61(55,56)58-48-46-53(3,4)5)60-52(54)45-43-41-39-37-35-33-31-21-19-17-15-13-11-9-7-2/h8,10,14-17,20-22,24-25,27-28,31,51H,6-7,9,11-13,18-19,23,26,29-30,32-50H2,1-5H3/b10-8-,16-14-,17-15-,22-20-,25-24-,28-27-,31-21-. The van der Waals surface area contributed by atoms with Gasteiger partial charge >= 0.3 is 5.97 Å². The van der Waals surface area contributed by atoms with Crippen molar-refractivity contribution in [2.75, 3.05) is 54.1 Å². The number of phosphoric ester groups is 1. The number of nitrogens with zero attached hydrogens (tertiary/aromatic N) is 1. The molecule has 352 valence electrons. The Morgan fingerprint density at radius 1 is 0.525 bits per heavy atom. The Hall–Kier alpha value is -2.32. The number of carbonyl (C=O) groups excluding carboxylic acids is 1. The Kier molecular flexibility index (Phi) is 42.6. The number of hydrogen-bond acceptors (Lipinski definition) is 7. The number of carbonyl (C=O) groups is 1. The van der Waals surface area contributed by atoms with E-state index in [1.807, 2.05) is 21.1 Å². The lowest BCUT2D eigenvalue weighted by molar-refractivity contribution is -0.870. The maximum atomic E-state index is 12.7. The van der Waals surface area contributed by atoms with Crippen LogP contribution in [0.3, 0.4) is 0 Å². The van der Waals surface area contributed by atoms with Gasteiger partial charge in [0.1, 0.15) is 19.3 Å². The predicted octanol–water partition coefficient (Wildman–Crippen LogP) is 14.2. The van der Waals surface area contributed by atoms with Gasteiger partial charge in [0.25, 0.3) is 7.82 Å². The summed E-state index contributed by atoms with van der Waals surface area (Å²) in [4.78, 5) is 25.1. The molecule has 0 N–H and O–H groups in total. The van der Waals surface area contributed by atoms with Gasteiger partial charge in [0.15, 0.2) is 0 Å². The fourth-order valence-electron chi connectivity index (χ4n) is 6.19. The molecule has 0 aliphatic rings. The van der Waals surface area contributed by atoms with Crippen LogP contribution in [0.2, 0.25) is 0 Å². The van der Waals surface area contributed by atoms with Gasteiger partial charge < -0.3 is 27.9 Å². The smallest absolute Gasteiger partial charge is 0.306 e. The number of unbranched alkanes of at least 4 members (excludes halogenated alkanes) is 16. The number of allylic oxidation sites excluding steroid dienone is 14. The minimum atomic E-state index is -4.54. The zero-order chi connectivity index (χ0) is 44.8. The number of quaternary nitrogens is 1. The van der Waals surface area contributed by atoms with Crippen molar-refractivity contribution >= 4 is 13.8 Å². The molecule has 2 unspecified atom stereocenters. The van der Waals surface area contributed by atoms with Crippen molar-refractivity contribution in [1.82, 2.24) is 0 Å². The van der Waals surface area contributed by atoms with E-state index in [1.165, 1.54) is 57.8 Å². The van der Waals surface area contributed by atoms with Crippen LogP contribution in [0.1, 0.15) is 181 Å². The maximum absolute atomic E-state index is 12.7. The van der Waals surface area contributed by atoms with E-state index in [2.05, 4.69) is 98.9 Å². The van der Waals surface area contributed by atoms with Gasteiger partial charge in [-0.05, 0) is 89.9 Å². The zero-order valence-electron chi connectivity index (χ0n) is 39.8. The van der Waals surface area contributed by atoms with Gasteiger partial charge in [0, 0.05) is 13.0 Å². The molecule has 0 saturated carbocycles. The molecule has 0 heterocycles. The van der Waals surface area contributed by atoms with Crippen LogP contribution in [0.25, 0.3) is 0 Å². The molecule has 0 spiro atoms. The number of ether oxygens (including phenoxy) is 2. The lowest BCUT2D eigenvalue weighted by Crippen LogP contribution is -2.37. The van der Waals surface area contributed by atoms with Crippen molar-refractivity contribution in [3.63, 3.8) is 0 Å². The Morgan fingerprint density at radius 3 is 1.43 bits per heavy atom. The van der Waals surface area contributed by atoms with Gasteiger partial charge in [0.2, 0.25) is 0 Å². The van der Waals surface area contributed by atoms with E-state index in [0.717, 1.165) is 103 Å². The minimum absolute atomic E-state index is 0.0170. The molecular weight excluding hydrogens is 782 g/mol. The average Bonchev–Trinajstić information content (AvgIpc) is 3.22. The van der Waals surface area contributed by atoms with E-state index >= 15 is 0 Å². The van der Waals surface area contributed by atoms with Gasteiger partial charge in [-0.2, -0.15) is 0 Å². The Balaban J connectivity index is 4.20. The van der Waals surface area contributed by atoms with Crippen LogP contribution in [-0.4, -0.2) is 70.7 Å². The summed E-state index contributed by atoms with van der Waals surface area (Å²) in [7, 11) is 1.33. The third kappa shape index (κ3) is 48.6. The van der Waals surface area contributed by atoms with Gasteiger partial charge in [0.05, 0.1) is 34.4 Å². The molecule has 0 saturated heterocycles. The highest BCUT2D eigenvalue weighted by Gasteiger charge is 2.20. The molecule has 8 nitrogen and oxygen atoms in total. The van der Waals surface area contributed by atoms with Gasteiger partial charge in [-0.1, -0.05) is 170 Å². The highest BCUT2D eigenvalue weighted by atomic mass is 31.2. The third-order valence-electron chi connectivity index (χ3n) is 9.93. The van der Waals surface area contributed by atoms with E-state index in [0.29, 0.717) is 24.1 Å². The molecule has 0 rings (SSSR count). The summed E-state index contributed by atoms with van der Waals surface area (Å²) >= 11 is 0. The molecule has 0 bridgehead atoms. The first-order valence-corrected chi connectivity index (χ1v) is 25.8. The van der Waals surface area contributed by atoms with Crippen LogP contribution in [-0.2, 0) is 27.9 Å². The van der Waals surface area contributed by atoms with Crippen LogP contribution >= 0.6 is 7.82 Å². The SMILES string of the molecule is CC/C=C\C/C=C\C/C=C\C/C=C\C/C=C\CCCCCCCCCCOCC(COP(=O)([O-])OCC[N+](C)(C)C)OC(=O)CCCCCCC/C=C\C/C=C\CCCCC. The van der Waals surface area contributed by atoms with Crippen molar-refractivity contribution in [2.24, 2.45) is 0 Å². The van der Waals surface area contributed by atoms with E-state index in [1.54, 1.807) is 0 Å². The molecular formula is C52H92NO7P. The summed E-state index contributed by atoms with van der Waals surface area (Å²) in [5, 5.41) is 0.